The van der Waals surface area contributed by atoms with E-state index >= 15 is 0 Å². The van der Waals surface area contributed by atoms with Crippen LogP contribution in [0.4, 0.5) is 11.4 Å². The predicted octanol–water partition coefficient (Wildman–Crippen LogP) is 8.81. The fourth-order valence-electron chi connectivity index (χ4n) is 4.66. The van der Waals surface area contributed by atoms with Gasteiger partial charge in [0, 0.05) is 17.5 Å². The van der Waals surface area contributed by atoms with Crippen LogP contribution in [0.5, 0.6) is 5.75 Å². The average molecular weight is 471 g/mol. The van der Waals surface area contributed by atoms with Crippen molar-refractivity contribution in [2.75, 3.05) is 5.73 Å². The Morgan fingerprint density at radius 3 is 1.57 bits per heavy atom. The lowest BCUT2D eigenvalue weighted by Gasteiger charge is -2.21. The van der Waals surface area contributed by atoms with E-state index in [0.717, 1.165) is 23.4 Å². The molecule has 0 aliphatic rings. The van der Waals surface area contributed by atoms with Crippen molar-refractivity contribution >= 4 is 17.6 Å². The molecule has 0 fully saturated rings. The highest BCUT2D eigenvalue weighted by Gasteiger charge is 2.18. The van der Waals surface area contributed by atoms with Gasteiger partial charge in [0.1, 0.15) is 5.75 Å². The Hall–Kier alpha value is -3.07. The summed E-state index contributed by atoms with van der Waals surface area (Å²) in [6.07, 6.45) is 2.65. The zero-order chi connectivity index (χ0) is 25.9. The molecule has 3 N–H and O–H groups in total. The van der Waals surface area contributed by atoms with Gasteiger partial charge in [-0.25, -0.2) is 0 Å². The molecule has 186 valence electrons. The van der Waals surface area contributed by atoms with E-state index in [-0.39, 0.29) is 5.75 Å². The van der Waals surface area contributed by atoms with Gasteiger partial charge < -0.3 is 10.8 Å². The lowest BCUT2D eigenvalue weighted by molar-refractivity contribution is 0.474. The summed E-state index contributed by atoms with van der Waals surface area (Å²) in [6.45, 7) is 17.7. The van der Waals surface area contributed by atoms with E-state index < -0.39 is 0 Å². The lowest BCUT2D eigenvalue weighted by Crippen LogP contribution is -2.06. The van der Waals surface area contributed by atoms with Crippen LogP contribution >= 0.6 is 0 Å². The maximum atomic E-state index is 10.2. The second kappa shape index (κ2) is 11.1. The fourth-order valence-corrected chi connectivity index (χ4v) is 4.66. The van der Waals surface area contributed by atoms with E-state index in [1.807, 2.05) is 18.2 Å². The Labute approximate surface area is 212 Å². The third kappa shape index (κ3) is 6.14. The summed E-state index contributed by atoms with van der Waals surface area (Å²) in [7, 11) is 0. The highest BCUT2D eigenvalue weighted by atomic mass is 16.3. The summed E-state index contributed by atoms with van der Waals surface area (Å²) in [6, 6.07) is 16.5. The largest absolute Gasteiger partial charge is 0.507 e. The van der Waals surface area contributed by atoms with Crippen LogP contribution in [0.2, 0.25) is 0 Å². The molecule has 3 aromatic carbocycles. The molecule has 0 atom stereocenters. The molecule has 0 radical (unpaired) electrons. The second-order valence-corrected chi connectivity index (χ2v) is 10.9. The molecule has 0 bridgehead atoms. The monoisotopic (exact) mass is 470 g/mol. The number of rotatable bonds is 8. The normalized spacial score (nSPS) is 12.1. The van der Waals surface area contributed by atoms with Gasteiger partial charge in [-0.2, -0.15) is 0 Å². The summed E-state index contributed by atoms with van der Waals surface area (Å²) >= 11 is 0. The van der Waals surface area contributed by atoms with Crippen molar-refractivity contribution in [1.82, 2.24) is 0 Å². The average Bonchev–Trinajstić information content (AvgIpc) is 2.79. The Balaban J connectivity index is 2.11. The van der Waals surface area contributed by atoms with Gasteiger partial charge in [0.05, 0.1) is 5.69 Å². The smallest absolute Gasteiger partial charge is 0.124 e. The van der Waals surface area contributed by atoms with Crippen LogP contribution in [0.1, 0.15) is 118 Å². The summed E-state index contributed by atoms with van der Waals surface area (Å²) in [5, 5.41) is 10.2. The molecule has 3 nitrogen and oxygen atoms in total. The molecule has 0 aliphatic carbocycles. The van der Waals surface area contributed by atoms with Gasteiger partial charge >= 0.3 is 0 Å². The van der Waals surface area contributed by atoms with Gasteiger partial charge in [0.15, 0.2) is 0 Å². The molecule has 3 rings (SSSR count). The number of phenolic OH excluding ortho intramolecular Hbond substituents is 1. The predicted molar refractivity (Wildman–Crippen MR) is 152 cm³/mol. The van der Waals surface area contributed by atoms with E-state index in [9.17, 15) is 5.11 Å². The van der Waals surface area contributed by atoms with E-state index in [0.29, 0.717) is 23.7 Å². The molecule has 0 saturated carbocycles. The van der Waals surface area contributed by atoms with Crippen LogP contribution in [0.25, 0.3) is 0 Å². The summed E-state index contributed by atoms with van der Waals surface area (Å²) in [5.74, 6) is 1.67. The zero-order valence-electron chi connectivity index (χ0n) is 22.7. The number of benzene rings is 3. The molecule has 0 spiro atoms. The molecule has 0 saturated heterocycles. The number of nitrogen functional groups attached to an aromatic ring is 1. The van der Waals surface area contributed by atoms with Crippen LogP contribution in [-0.4, -0.2) is 11.3 Å². The number of aromatic hydroxyl groups is 1. The van der Waals surface area contributed by atoms with Crippen molar-refractivity contribution in [3.8, 4) is 5.75 Å². The molecular formula is C32H42N2O. The number of hydrogen-bond donors (Lipinski definition) is 2. The first-order valence-corrected chi connectivity index (χ1v) is 12.9. The van der Waals surface area contributed by atoms with Crippen molar-refractivity contribution in [3.63, 3.8) is 0 Å². The van der Waals surface area contributed by atoms with Crippen LogP contribution in [0.15, 0.2) is 53.5 Å². The van der Waals surface area contributed by atoms with Crippen LogP contribution < -0.4 is 5.73 Å². The highest BCUT2D eigenvalue weighted by Crippen LogP contribution is 2.38. The van der Waals surface area contributed by atoms with E-state index in [1.54, 1.807) is 12.3 Å². The highest BCUT2D eigenvalue weighted by molar-refractivity contribution is 5.86. The molecule has 3 heteroatoms. The summed E-state index contributed by atoms with van der Waals surface area (Å²) in [5.41, 5.74) is 16.8. The Bertz CT molecular complexity index is 1140. The summed E-state index contributed by atoms with van der Waals surface area (Å²) < 4.78 is 0. The number of phenols is 1. The third-order valence-electron chi connectivity index (χ3n) is 6.70. The van der Waals surface area contributed by atoms with Gasteiger partial charge in [-0.15, -0.1) is 0 Å². The Morgan fingerprint density at radius 2 is 1.14 bits per heavy atom. The first-order valence-electron chi connectivity index (χ1n) is 12.9. The van der Waals surface area contributed by atoms with Crippen LogP contribution in [0, 0.1) is 0 Å². The van der Waals surface area contributed by atoms with Crippen molar-refractivity contribution in [3.05, 3.63) is 87.5 Å². The molecule has 0 aromatic heterocycles. The van der Waals surface area contributed by atoms with Crippen LogP contribution in [-0.2, 0) is 6.42 Å². The number of nitrogens with zero attached hydrogens (tertiary/aromatic N) is 1. The summed E-state index contributed by atoms with van der Waals surface area (Å²) in [4.78, 5) is 4.91. The Morgan fingerprint density at radius 1 is 0.714 bits per heavy atom. The molecule has 35 heavy (non-hydrogen) atoms. The Kier molecular flexibility index (Phi) is 8.43. The van der Waals surface area contributed by atoms with Gasteiger partial charge in [-0.1, -0.05) is 91.8 Å². The van der Waals surface area contributed by atoms with E-state index in [4.69, 9.17) is 10.7 Å². The number of para-hydroxylation sites is 1. The van der Waals surface area contributed by atoms with Crippen molar-refractivity contribution < 1.29 is 5.11 Å². The number of aliphatic imine (C=N–C) groups is 1. The topological polar surface area (TPSA) is 58.6 Å². The fraction of sp³-hybridized carbons (Fsp3) is 0.406. The number of anilines is 1. The molecule has 0 aliphatic heterocycles. The van der Waals surface area contributed by atoms with Gasteiger partial charge in [0.25, 0.3) is 0 Å². The van der Waals surface area contributed by atoms with Crippen molar-refractivity contribution in [2.24, 2.45) is 4.99 Å². The molecule has 0 heterocycles. The van der Waals surface area contributed by atoms with Gasteiger partial charge in [0.2, 0.25) is 0 Å². The van der Waals surface area contributed by atoms with Crippen LogP contribution in [0.3, 0.4) is 0 Å². The zero-order valence-corrected chi connectivity index (χ0v) is 22.7. The lowest BCUT2D eigenvalue weighted by atomic mass is 9.86. The molecule has 0 amide bonds. The quantitative estimate of drug-likeness (QED) is 0.255. The third-order valence-corrected chi connectivity index (χ3v) is 6.70. The molecule has 3 aromatic rings. The van der Waals surface area contributed by atoms with Crippen molar-refractivity contribution in [2.45, 2.75) is 85.5 Å². The van der Waals surface area contributed by atoms with Gasteiger partial charge in [-0.3, -0.25) is 4.99 Å². The first kappa shape index (κ1) is 26.5. The number of hydrogen-bond acceptors (Lipinski definition) is 3. The van der Waals surface area contributed by atoms with E-state index in [2.05, 4.69) is 79.7 Å². The standard InChI is InChI=1S/C32H42N2O/c1-19(2)26-14-23(15-27(20(3)4)31(26)33)13-24-16-28(21(5)6)32(29(17-24)22(7)8)34-18-25-11-9-10-12-30(25)35/h9-12,14-22,35H,13,33H2,1-8H3. The van der Waals surface area contributed by atoms with E-state index in [1.165, 1.54) is 33.4 Å². The maximum Gasteiger partial charge on any atom is 0.124 e. The molecular weight excluding hydrogens is 428 g/mol. The minimum Gasteiger partial charge on any atom is -0.507 e. The minimum absolute atomic E-state index is 0.246. The molecule has 0 unspecified atom stereocenters. The van der Waals surface area contributed by atoms with Gasteiger partial charge in [-0.05, 0) is 75.6 Å². The van der Waals surface area contributed by atoms with Crippen molar-refractivity contribution in [1.29, 1.82) is 0 Å². The maximum absolute atomic E-state index is 10.2. The first-order chi connectivity index (χ1) is 16.5. The minimum atomic E-state index is 0.246. The number of nitrogens with two attached hydrogens (primary N) is 1. The second-order valence-electron chi connectivity index (χ2n) is 10.9. The SMILES string of the molecule is CC(C)c1cc(Cc2cc(C(C)C)c(N=Cc3ccccc3O)c(C(C)C)c2)cc(C(C)C)c1N.